The average molecular weight is 280 g/mol. The Morgan fingerprint density at radius 2 is 2.00 bits per heavy atom. The Hall–Kier alpha value is -1.12. The van der Waals surface area contributed by atoms with Crippen molar-refractivity contribution in [3.05, 3.63) is 12.2 Å². The number of ether oxygens (including phenoxy) is 1. The van der Waals surface area contributed by atoms with Crippen LogP contribution in [0, 0.1) is 11.8 Å². The van der Waals surface area contributed by atoms with Gasteiger partial charge in [0.05, 0.1) is 6.42 Å². The van der Waals surface area contributed by atoms with Gasteiger partial charge < -0.3 is 9.53 Å². The summed E-state index contributed by atoms with van der Waals surface area (Å²) in [4.78, 5) is 22.3. The van der Waals surface area contributed by atoms with E-state index in [4.69, 9.17) is 4.74 Å². The van der Waals surface area contributed by atoms with E-state index in [9.17, 15) is 9.59 Å². The minimum atomic E-state index is -0.420. The molecule has 0 aromatic carbocycles. The topological polar surface area (TPSA) is 43.4 Å². The van der Waals surface area contributed by atoms with Crippen molar-refractivity contribution in [2.24, 2.45) is 11.8 Å². The summed E-state index contributed by atoms with van der Waals surface area (Å²) < 4.78 is 5.40. The van der Waals surface area contributed by atoms with E-state index in [-0.39, 0.29) is 11.9 Å². The molecule has 0 heterocycles. The Labute approximate surface area is 122 Å². The number of aldehydes is 1. The molecule has 0 amide bonds. The van der Waals surface area contributed by atoms with Gasteiger partial charge in [0.15, 0.2) is 0 Å². The highest BCUT2D eigenvalue weighted by atomic mass is 16.6. The lowest BCUT2D eigenvalue weighted by atomic mass is 9.74. The molecule has 1 unspecified atom stereocenters. The van der Waals surface area contributed by atoms with Gasteiger partial charge in [-0.05, 0) is 58.3 Å². The SMILES string of the molecule is C=C1C(CCCC=O)CCC[C@H]1CC(=O)OC(C)(C)C. The summed E-state index contributed by atoms with van der Waals surface area (Å²) in [6.07, 6.45) is 7.29. The summed E-state index contributed by atoms with van der Waals surface area (Å²) in [5, 5.41) is 0. The van der Waals surface area contributed by atoms with E-state index in [1.165, 1.54) is 5.57 Å². The van der Waals surface area contributed by atoms with Crippen LogP contribution < -0.4 is 0 Å². The average Bonchev–Trinajstić information content (AvgIpc) is 2.31. The van der Waals surface area contributed by atoms with Gasteiger partial charge in [0.25, 0.3) is 0 Å². The van der Waals surface area contributed by atoms with E-state index in [2.05, 4.69) is 6.58 Å². The largest absolute Gasteiger partial charge is 0.460 e. The Morgan fingerprint density at radius 3 is 2.60 bits per heavy atom. The van der Waals surface area contributed by atoms with Gasteiger partial charge in [-0.1, -0.05) is 18.6 Å². The molecule has 2 atom stereocenters. The number of rotatable bonds is 6. The van der Waals surface area contributed by atoms with Gasteiger partial charge in [0.1, 0.15) is 11.9 Å². The van der Waals surface area contributed by atoms with Crippen LogP contribution >= 0.6 is 0 Å². The smallest absolute Gasteiger partial charge is 0.306 e. The minimum Gasteiger partial charge on any atom is -0.460 e. The van der Waals surface area contributed by atoms with Crippen LogP contribution in [0.25, 0.3) is 0 Å². The number of carbonyl (C=O) groups is 2. The molecule has 0 aromatic heterocycles. The molecule has 1 aliphatic rings. The summed E-state index contributed by atoms with van der Waals surface area (Å²) >= 11 is 0. The Balaban J connectivity index is 2.47. The first-order chi connectivity index (χ1) is 9.33. The maximum atomic E-state index is 11.9. The molecule has 114 valence electrons. The molecule has 0 saturated heterocycles. The number of unbranched alkanes of at least 4 members (excludes halogenated alkanes) is 1. The van der Waals surface area contributed by atoms with Crippen molar-refractivity contribution in [1.82, 2.24) is 0 Å². The molecule has 3 heteroatoms. The zero-order valence-corrected chi connectivity index (χ0v) is 13.1. The number of esters is 1. The lowest BCUT2D eigenvalue weighted by molar-refractivity contribution is -0.155. The second kappa shape index (κ2) is 7.61. The van der Waals surface area contributed by atoms with Crippen LogP contribution in [0.4, 0.5) is 0 Å². The van der Waals surface area contributed by atoms with Crippen molar-refractivity contribution in [3.8, 4) is 0 Å². The lowest BCUT2D eigenvalue weighted by Crippen LogP contribution is -2.27. The van der Waals surface area contributed by atoms with E-state index in [0.717, 1.165) is 38.4 Å². The molecule has 20 heavy (non-hydrogen) atoms. The molecule has 0 spiro atoms. The van der Waals surface area contributed by atoms with Crippen molar-refractivity contribution >= 4 is 12.3 Å². The van der Waals surface area contributed by atoms with Gasteiger partial charge >= 0.3 is 5.97 Å². The van der Waals surface area contributed by atoms with E-state index < -0.39 is 5.60 Å². The summed E-state index contributed by atoms with van der Waals surface area (Å²) in [6, 6.07) is 0. The molecule has 0 aliphatic heterocycles. The molecular formula is C17H28O3. The fourth-order valence-electron chi connectivity index (χ4n) is 2.91. The van der Waals surface area contributed by atoms with Crippen molar-refractivity contribution in [1.29, 1.82) is 0 Å². The molecular weight excluding hydrogens is 252 g/mol. The van der Waals surface area contributed by atoms with Crippen LogP contribution in [-0.2, 0) is 14.3 Å². The zero-order chi connectivity index (χ0) is 15.2. The van der Waals surface area contributed by atoms with Gasteiger partial charge in [-0.2, -0.15) is 0 Å². The fourth-order valence-corrected chi connectivity index (χ4v) is 2.91. The fraction of sp³-hybridized carbons (Fsp3) is 0.765. The maximum Gasteiger partial charge on any atom is 0.306 e. The Bertz CT molecular complexity index is 352. The highest BCUT2D eigenvalue weighted by Crippen LogP contribution is 2.38. The van der Waals surface area contributed by atoms with Crippen molar-refractivity contribution in [2.45, 2.75) is 71.3 Å². The van der Waals surface area contributed by atoms with Crippen LogP contribution in [0.5, 0.6) is 0 Å². The maximum absolute atomic E-state index is 11.9. The Morgan fingerprint density at radius 1 is 1.35 bits per heavy atom. The first-order valence-corrected chi connectivity index (χ1v) is 7.67. The van der Waals surface area contributed by atoms with Gasteiger partial charge in [-0.15, -0.1) is 0 Å². The number of carbonyl (C=O) groups excluding carboxylic acids is 2. The first-order valence-electron chi connectivity index (χ1n) is 7.67. The second-order valence-electron chi connectivity index (χ2n) is 6.79. The quantitative estimate of drug-likeness (QED) is 0.319. The molecule has 1 saturated carbocycles. The third kappa shape index (κ3) is 5.89. The summed E-state index contributed by atoms with van der Waals surface area (Å²) in [5.74, 6) is 0.591. The molecule has 0 bridgehead atoms. The predicted molar refractivity (Wildman–Crippen MR) is 80.3 cm³/mol. The third-order valence-corrected chi connectivity index (χ3v) is 3.86. The molecule has 0 radical (unpaired) electrons. The van der Waals surface area contributed by atoms with Crippen molar-refractivity contribution in [3.63, 3.8) is 0 Å². The van der Waals surface area contributed by atoms with E-state index in [1.807, 2.05) is 20.8 Å². The highest BCUT2D eigenvalue weighted by Gasteiger charge is 2.28. The summed E-state index contributed by atoms with van der Waals surface area (Å²) in [5.41, 5.74) is 0.768. The second-order valence-corrected chi connectivity index (χ2v) is 6.79. The number of hydrogen-bond acceptors (Lipinski definition) is 3. The molecule has 0 N–H and O–H groups in total. The van der Waals surface area contributed by atoms with Crippen LogP contribution in [-0.4, -0.2) is 17.9 Å². The first kappa shape index (κ1) is 16.9. The van der Waals surface area contributed by atoms with Crippen LogP contribution in [0.3, 0.4) is 0 Å². The van der Waals surface area contributed by atoms with Crippen LogP contribution in [0.15, 0.2) is 12.2 Å². The molecule has 1 fully saturated rings. The zero-order valence-electron chi connectivity index (χ0n) is 13.1. The van der Waals surface area contributed by atoms with Gasteiger partial charge in [0.2, 0.25) is 0 Å². The summed E-state index contributed by atoms with van der Waals surface area (Å²) in [7, 11) is 0. The summed E-state index contributed by atoms with van der Waals surface area (Å²) in [6.45, 7) is 9.88. The Kier molecular flexibility index (Phi) is 6.44. The van der Waals surface area contributed by atoms with E-state index in [0.29, 0.717) is 18.8 Å². The third-order valence-electron chi connectivity index (χ3n) is 3.86. The normalized spacial score (nSPS) is 23.4. The minimum absolute atomic E-state index is 0.128. The molecule has 0 aromatic rings. The van der Waals surface area contributed by atoms with Crippen LogP contribution in [0.2, 0.25) is 0 Å². The van der Waals surface area contributed by atoms with Gasteiger partial charge in [-0.3, -0.25) is 4.79 Å². The van der Waals surface area contributed by atoms with Gasteiger partial charge in [0, 0.05) is 6.42 Å². The standard InChI is InChI=1S/C17H28O3/c1-13-14(8-5-6-11-18)9-7-10-15(13)12-16(19)20-17(2,3)4/h11,14-15H,1,5-10,12H2,2-4H3/t14?,15-/m0/s1. The van der Waals surface area contributed by atoms with Gasteiger partial charge in [-0.25, -0.2) is 0 Å². The molecule has 1 rings (SSSR count). The van der Waals surface area contributed by atoms with E-state index >= 15 is 0 Å². The number of hydrogen-bond donors (Lipinski definition) is 0. The van der Waals surface area contributed by atoms with Crippen molar-refractivity contribution < 1.29 is 14.3 Å². The molecule has 1 aliphatic carbocycles. The van der Waals surface area contributed by atoms with E-state index in [1.54, 1.807) is 0 Å². The predicted octanol–water partition coefficient (Wildman–Crippen LogP) is 4.06. The van der Waals surface area contributed by atoms with Crippen molar-refractivity contribution in [2.75, 3.05) is 0 Å². The number of allylic oxidation sites excluding steroid dienone is 1. The highest BCUT2D eigenvalue weighted by molar-refractivity contribution is 5.70. The monoisotopic (exact) mass is 280 g/mol. The van der Waals surface area contributed by atoms with Crippen LogP contribution in [0.1, 0.15) is 65.7 Å². The molecule has 3 nitrogen and oxygen atoms in total. The lowest BCUT2D eigenvalue weighted by Gasteiger charge is -2.32.